The Morgan fingerprint density at radius 2 is 1.88 bits per heavy atom. The molecule has 1 aromatic carbocycles. The number of piperazine rings is 1. The number of rotatable bonds is 9. The molecule has 0 saturated carbocycles. The standard InChI is InChI=1S/C20H35N5O/c1-17(2)9-11-23-20(21)22-10-4-12-24-13-15-25(16-14-24)18-5-7-19(26-3)8-6-18/h5-8,17H,4,9-16H2,1-3H3,(H3,21,22,23). The number of methoxy groups -OCH3 is 1. The SMILES string of the molecule is COc1ccc(N2CCN(CCCN=C(N)NCCC(C)C)CC2)cc1. The van der Waals surface area contributed by atoms with Crippen LogP contribution in [0.3, 0.4) is 0 Å². The molecule has 0 atom stereocenters. The summed E-state index contributed by atoms with van der Waals surface area (Å²) in [5, 5.41) is 3.18. The van der Waals surface area contributed by atoms with Gasteiger partial charge in [0.2, 0.25) is 0 Å². The van der Waals surface area contributed by atoms with Crippen LogP contribution in [-0.2, 0) is 0 Å². The summed E-state index contributed by atoms with van der Waals surface area (Å²) in [7, 11) is 1.70. The normalized spacial score (nSPS) is 16.2. The van der Waals surface area contributed by atoms with Crippen molar-refractivity contribution in [3.8, 4) is 5.75 Å². The first-order chi connectivity index (χ1) is 12.6. The van der Waals surface area contributed by atoms with Crippen LogP contribution in [0, 0.1) is 5.92 Å². The number of nitrogens with one attached hydrogen (secondary N) is 1. The Labute approximate surface area is 158 Å². The molecular weight excluding hydrogens is 326 g/mol. The summed E-state index contributed by atoms with van der Waals surface area (Å²) >= 11 is 0. The van der Waals surface area contributed by atoms with Crippen molar-refractivity contribution in [2.75, 3.05) is 57.8 Å². The maximum absolute atomic E-state index is 5.89. The second kappa shape index (κ2) is 10.9. The number of hydrogen-bond donors (Lipinski definition) is 2. The van der Waals surface area contributed by atoms with Crippen LogP contribution in [0.1, 0.15) is 26.7 Å². The number of nitrogens with zero attached hydrogens (tertiary/aromatic N) is 3. The van der Waals surface area contributed by atoms with E-state index in [1.165, 1.54) is 5.69 Å². The average Bonchev–Trinajstić information content (AvgIpc) is 2.65. The fraction of sp³-hybridized carbons (Fsp3) is 0.650. The van der Waals surface area contributed by atoms with Gasteiger partial charge in [-0.15, -0.1) is 0 Å². The lowest BCUT2D eigenvalue weighted by molar-refractivity contribution is 0.256. The molecule has 1 aliphatic rings. The molecule has 146 valence electrons. The summed E-state index contributed by atoms with van der Waals surface area (Å²) < 4.78 is 5.23. The van der Waals surface area contributed by atoms with Crippen molar-refractivity contribution < 1.29 is 4.74 Å². The van der Waals surface area contributed by atoms with Gasteiger partial charge in [-0.05, 0) is 43.0 Å². The van der Waals surface area contributed by atoms with Crippen LogP contribution in [0.4, 0.5) is 5.69 Å². The van der Waals surface area contributed by atoms with E-state index >= 15 is 0 Å². The quantitative estimate of drug-likeness (QED) is 0.401. The molecule has 1 aliphatic heterocycles. The molecule has 6 nitrogen and oxygen atoms in total. The molecular formula is C20H35N5O. The maximum Gasteiger partial charge on any atom is 0.188 e. The predicted octanol–water partition coefficient (Wildman–Crippen LogP) is 2.16. The number of ether oxygens (including phenoxy) is 1. The highest BCUT2D eigenvalue weighted by atomic mass is 16.5. The number of aliphatic imine (C=N–C) groups is 1. The van der Waals surface area contributed by atoms with Crippen molar-refractivity contribution in [2.45, 2.75) is 26.7 Å². The van der Waals surface area contributed by atoms with E-state index in [4.69, 9.17) is 10.5 Å². The van der Waals surface area contributed by atoms with E-state index in [2.05, 4.69) is 46.1 Å². The lowest BCUT2D eigenvalue weighted by Crippen LogP contribution is -2.46. The summed E-state index contributed by atoms with van der Waals surface area (Å²) in [4.78, 5) is 9.37. The van der Waals surface area contributed by atoms with Crippen LogP contribution in [-0.4, -0.2) is 63.8 Å². The van der Waals surface area contributed by atoms with Gasteiger partial charge >= 0.3 is 0 Å². The highest BCUT2D eigenvalue weighted by Gasteiger charge is 2.16. The van der Waals surface area contributed by atoms with Crippen molar-refractivity contribution in [3.05, 3.63) is 24.3 Å². The van der Waals surface area contributed by atoms with Crippen LogP contribution in [0.5, 0.6) is 5.75 Å². The van der Waals surface area contributed by atoms with Crippen LogP contribution < -0.4 is 20.7 Å². The Balaban J connectivity index is 1.61. The first-order valence-electron chi connectivity index (χ1n) is 9.73. The van der Waals surface area contributed by atoms with E-state index in [1.54, 1.807) is 7.11 Å². The zero-order valence-electron chi connectivity index (χ0n) is 16.6. The average molecular weight is 362 g/mol. The van der Waals surface area contributed by atoms with E-state index < -0.39 is 0 Å². The van der Waals surface area contributed by atoms with Crippen molar-refractivity contribution in [2.24, 2.45) is 16.6 Å². The first-order valence-corrected chi connectivity index (χ1v) is 9.73. The summed E-state index contributed by atoms with van der Waals surface area (Å²) in [5.74, 6) is 2.17. The molecule has 26 heavy (non-hydrogen) atoms. The van der Waals surface area contributed by atoms with Gasteiger partial charge in [0.25, 0.3) is 0 Å². The highest BCUT2D eigenvalue weighted by molar-refractivity contribution is 5.77. The van der Waals surface area contributed by atoms with Gasteiger partial charge in [0.05, 0.1) is 7.11 Å². The molecule has 0 bridgehead atoms. The molecule has 3 N–H and O–H groups in total. The largest absolute Gasteiger partial charge is 0.497 e. The monoisotopic (exact) mass is 361 g/mol. The number of anilines is 1. The van der Waals surface area contributed by atoms with Gasteiger partial charge < -0.3 is 20.7 Å². The van der Waals surface area contributed by atoms with Crippen molar-refractivity contribution in [1.29, 1.82) is 0 Å². The van der Waals surface area contributed by atoms with Gasteiger partial charge in [-0.1, -0.05) is 13.8 Å². The Kier molecular flexibility index (Phi) is 8.54. The molecule has 0 spiro atoms. The van der Waals surface area contributed by atoms with Gasteiger partial charge in [0.1, 0.15) is 5.75 Å². The van der Waals surface area contributed by atoms with Crippen LogP contribution in [0.25, 0.3) is 0 Å². The van der Waals surface area contributed by atoms with Crippen molar-refractivity contribution >= 4 is 11.6 Å². The van der Waals surface area contributed by atoms with Crippen molar-refractivity contribution in [1.82, 2.24) is 10.2 Å². The summed E-state index contributed by atoms with van der Waals surface area (Å²) in [6.45, 7) is 11.5. The zero-order chi connectivity index (χ0) is 18.8. The second-order valence-electron chi connectivity index (χ2n) is 7.26. The minimum Gasteiger partial charge on any atom is -0.497 e. The fourth-order valence-electron chi connectivity index (χ4n) is 3.06. The maximum atomic E-state index is 5.89. The van der Waals surface area contributed by atoms with E-state index in [0.717, 1.165) is 64.4 Å². The van der Waals surface area contributed by atoms with Gasteiger partial charge in [0.15, 0.2) is 5.96 Å². The third-order valence-corrected chi connectivity index (χ3v) is 4.75. The molecule has 0 amide bonds. The molecule has 1 aromatic rings. The van der Waals surface area contributed by atoms with Gasteiger partial charge in [-0.3, -0.25) is 9.89 Å². The Hall–Kier alpha value is -1.95. The van der Waals surface area contributed by atoms with Crippen molar-refractivity contribution in [3.63, 3.8) is 0 Å². The minimum atomic E-state index is 0.579. The van der Waals surface area contributed by atoms with E-state index in [9.17, 15) is 0 Å². The molecule has 0 aromatic heterocycles. The third kappa shape index (κ3) is 7.12. The highest BCUT2D eigenvalue weighted by Crippen LogP contribution is 2.20. The van der Waals surface area contributed by atoms with E-state index in [-0.39, 0.29) is 0 Å². The Morgan fingerprint density at radius 3 is 2.50 bits per heavy atom. The lowest BCUT2D eigenvalue weighted by Gasteiger charge is -2.36. The molecule has 6 heteroatoms. The molecule has 1 heterocycles. The summed E-state index contributed by atoms with van der Waals surface area (Å²) in [5.41, 5.74) is 7.17. The molecule has 1 saturated heterocycles. The van der Waals surface area contributed by atoms with Gasteiger partial charge in [-0.25, -0.2) is 0 Å². The minimum absolute atomic E-state index is 0.579. The van der Waals surface area contributed by atoms with E-state index in [1.807, 2.05) is 12.1 Å². The molecule has 0 unspecified atom stereocenters. The lowest BCUT2D eigenvalue weighted by atomic mass is 10.1. The Bertz CT molecular complexity index is 536. The smallest absolute Gasteiger partial charge is 0.188 e. The van der Waals surface area contributed by atoms with Crippen LogP contribution in [0.15, 0.2) is 29.3 Å². The second-order valence-corrected chi connectivity index (χ2v) is 7.26. The third-order valence-electron chi connectivity index (χ3n) is 4.75. The molecule has 2 rings (SSSR count). The van der Waals surface area contributed by atoms with Crippen LogP contribution >= 0.6 is 0 Å². The van der Waals surface area contributed by atoms with E-state index in [0.29, 0.717) is 11.9 Å². The topological polar surface area (TPSA) is 66.1 Å². The molecule has 1 fully saturated rings. The molecule has 0 aliphatic carbocycles. The summed E-state index contributed by atoms with van der Waals surface area (Å²) in [6, 6.07) is 8.33. The molecule has 0 radical (unpaired) electrons. The zero-order valence-corrected chi connectivity index (χ0v) is 16.6. The van der Waals surface area contributed by atoms with Crippen LogP contribution in [0.2, 0.25) is 0 Å². The predicted molar refractivity (Wildman–Crippen MR) is 110 cm³/mol. The van der Waals surface area contributed by atoms with Gasteiger partial charge in [-0.2, -0.15) is 0 Å². The number of hydrogen-bond acceptors (Lipinski definition) is 4. The number of nitrogens with two attached hydrogens (primary N) is 1. The fourth-order valence-corrected chi connectivity index (χ4v) is 3.06. The van der Waals surface area contributed by atoms with Gasteiger partial charge in [0, 0.05) is 51.5 Å². The Morgan fingerprint density at radius 1 is 1.19 bits per heavy atom. The first kappa shape index (κ1) is 20.4. The summed E-state index contributed by atoms with van der Waals surface area (Å²) in [6.07, 6.45) is 2.17. The number of guanidine groups is 1. The number of benzene rings is 1.